The molecule has 2 aromatic rings. The average Bonchev–Trinajstić information content (AvgIpc) is 2.57. The molecular formula is C17H18FN3O3. The number of aryl methyl sites for hydroxylation is 1. The van der Waals surface area contributed by atoms with Crippen LogP contribution >= 0.6 is 0 Å². The lowest BCUT2D eigenvalue weighted by atomic mass is 10.2. The first-order valence-corrected chi connectivity index (χ1v) is 7.76. The van der Waals surface area contributed by atoms with E-state index in [4.69, 9.17) is 9.47 Å². The summed E-state index contributed by atoms with van der Waals surface area (Å²) in [5.74, 6) is -0.0577. The number of hydrogen-bond acceptors (Lipinski definition) is 5. The van der Waals surface area contributed by atoms with Gasteiger partial charge in [-0.25, -0.2) is 14.4 Å². The van der Waals surface area contributed by atoms with Gasteiger partial charge in [0.25, 0.3) is 5.91 Å². The summed E-state index contributed by atoms with van der Waals surface area (Å²) in [7, 11) is 0. The third kappa shape index (κ3) is 4.26. The van der Waals surface area contributed by atoms with Crippen LogP contribution in [0.5, 0.6) is 5.75 Å². The molecule has 1 aliphatic rings. The van der Waals surface area contributed by atoms with E-state index in [9.17, 15) is 9.18 Å². The zero-order valence-electron chi connectivity index (χ0n) is 13.3. The number of amides is 1. The van der Waals surface area contributed by atoms with Crippen molar-refractivity contribution in [1.82, 2.24) is 9.97 Å². The average molecular weight is 331 g/mol. The maximum Gasteiger partial charge on any atom is 0.275 e. The van der Waals surface area contributed by atoms with Crippen LogP contribution in [0.1, 0.15) is 29.0 Å². The molecule has 0 spiro atoms. The number of rotatable bonds is 4. The van der Waals surface area contributed by atoms with Gasteiger partial charge < -0.3 is 14.8 Å². The molecule has 3 rings (SSSR count). The lowest BCUT2D eigenvalue weighted by molar-refractivity contribution is 0.00734. The number of halogens is 1. The fourth-order valence-corrected chi connectivity index (χ4v) is 2.45. The predicted octanol–water partition coefficient (Wildman–Crippen LogP) is 2.73. The van der Waals surface area contributed by atoms with Crippen LogP contribution in [0.2, 0.25) is 0 Å². The monoisotopic (exact) mass is 331 g/mol. The van der Waals surface area contributed by atoms with E-state index in [0.29, 0.717) is 18.1 Å². The molecule has 3 heterocycles. The van der Waals surface area contributed by atoms with Gasteiger partial charge in [-0.1, -0.05) is 0 Å². The Bertz CT molecular complexity index is 716. The van der Waals surface area contributed by atoms with Crippen LogP contribution in [0, 0.1) is 12.7 Å². The highest BCUT2D eigenvalue weighted by atomic mass is 19.1. The Morgan fingerprint density at radius 1 is 1.42 bits per heavy atom. The Hall–Kier alpha value is -2.54. The lowest BCUT2D eigenvalue weighted by Crippen LogP contribution is -2.28. The van der Waals surface area contributed by atoms with Crippen LogP contribution in [0.3, 0.4) is 0 Å². The van der Waals surface area contributed by atoms with Crippen molar-refractivity contribution in [1.29, 1.82) is 0 Å². The zero-order valence-corrected chi connectivity index (χ0v) is 13.3. The van der Waals surface area contributed by atoms with Gasteiger partial charge in [0.05, 0.1) is 12.8 Å². The van der Waals surface area contributed by atoms with Gasteiger partial charge in [0.15, 0.2) is 0 Å². The highest BCUT2D eigenvalue weighted by Crippen LogP contribution is 2.20. The number of pyridine rings is 2. The second-order valence-electron chi connectivity index (χ2n) is 5.60. The molecule has 0 radical (unpaired) electrons. The van der Waals surface area contributed by atoms with Gasteiger partial charge in [0.1, 0.15) is 29.2 Å². The van der Waals surface area contributed by atoms with E-state index in [0.717, 1.165) is 25.6 Å². The lowest BCUT2D eigenvalue weighted by Gasteiger charge is -2.23. The molecule has 1 amide bonds. The van der Waals surface area contributed by atoms with Crippen molar-refractivity contribution in [2.24, 2.45) is 0 Å². The van der Waals surface area contributed by atoms with Gasteiger partial charge in [-0.05, 0) is 31.9 Å². The summed E-state index contributed by atoms with van der Waals surface area (Å²) in [6.07, 6.45) is 2.90. The second-order valence-corrected chi connectivity index (χ2v) is 5.60. The summed E-state index contributed by atoms with van der Waals surface area (Å²) in [4.78, 5) is 20.3. The van der Waals surface area contributed by atoms with Gasteiger partial charge in [-0.2, -0.15) is 0 Å². The van der Waals surface area contributed by atoms with E-state index in [1.54, 1.807) is 19.1 Å². The zero-order chi connectivity index (χ0) is 16.9. The maximum atomic E-state index is 12.9. The van der Waals surface area contributed by atoms with Crippen molar-refractivity contribution in [2.75, 3.05) is 18.5 Å². The number of ether oxygens (including phenoxy) is 2. The molecule has 0 aromatic carbocycles. The summed E-state index contributed by atoms with van der Waals surface area (Å²) in [6.45, 7) is 3.09. The van der Waals surface area contributed by atoms with Crippen molar-refractivity contribution in [3.05, 3.63) is 47.7 Å². The third-order valence-electron chi connectivity index (χ3n) is 3.55. The van der Waals surface area contributed by atoms with Crippen molar-refractivity contribution >= 4 is 11.7 Å². The largest absolute Gasteiger partial charge is 0.488 e. The molecule has 126 valence electrons. The Labute approximate surface area is 139 Å². The number of carbonyl (C=O) groups is 1. The molecule has 1 fully saturated rings. The summed E-state index contributed by atoms with van der Waals surface area (Å²) in [5, 5.41) is 2.58. The van der Waals surface area contributed by atoms with E-state index in [1.165, 1.54) is 12.1 Å². The minimum absolute atomic E-state index is 0.0183. The number of aromatic nitrogens is 2. The van der Waals surface area contributed by atoms with Crippen LogP contribution in [-0.2, 0) is 4.74 Å². The molecule has 2 aromatic heterocycles. The highest BCUT2D eigenvalue weighted by molar-refractivity contribution is 6.02. The van der Waals surface area contributed by atoms with Gasteiger partial charge in [-0.15, -0.1) is 0 Å². The Balaban J connectivity index is 1.72. The standard InChI is InChI=1S/C17H18FN3O3/c1-11-7-14(24-13-3-2-6-23-10-13)8-15(20-11)17(22)21-16-5-4-12(18)9-19-16/h4-5,7-9,13H,2-3,6,10H2,1H3,(H,19,21,22). The van der Waals surface area contributed by atoms with Gasteiger partial charge in [-0.3, -0.25) is 4.79 Å². The normalized spacial score (nSPS) is 17.3. The molecule has 24 heavy (non-hydrogen) atoms. The number of nitrogens with zero attached hydrogens (tertiary/aromatic N) is 2. The van der Waals surface area contributed by atoms with E-state index in [-0.39, 0.29) is 17.6 Å². The Morgan fingerprint density at radius 2 is 2.29 bits per heavy atom. The SMILES string of the molecule is Cc1cc(OC2CCCOC2)cc(C(=O)Nc2ccc(F)cn2)n1. The van der Waals surface area contributed by atoms with E-state index >= 15 is 0 Å². The molecule has 0 aliphatic carbocycles. The molecule has 0 saturated carbocycles. The molecular weight excluding hydrogens is 313 g/mol. The van der Waals surface area contributed by atoms with Gasteiger partial charge >= 0.3 is 0 Å². The molecule has 7 heteroatoms. The minimum atomic E-state index is -0.466. The molecule has 6 nitrogen and oxygen atoms in total. The number of carbonyl (C=O) groups excluding carboxylic acids is 1. The summed E-state index contributed by atoms with van der Waals surface area (Å²) < 4.78 is 24.1. The topological polar surface area (TPSA) is 73.3 Å². The number of nitrogens with one attached hydrogen (secondary N) is 1. The summed E-state index contributed by atoms with van der Waals surface area (Å²) in [5.41, 5.74) is 0.884. The van der Waals surface area contributed by atoms with Crippen molar-refractivity contribution < 1.29 is 18.7 Å². The number of anilines is 1. The van der Waals surface area contributed by atoms with E-state index in [1.807, 2.05) is 0 Å². The molecule has 1 atom stereocenters. The second kappa shape index (κ2) is 7.35. The quantitative estimate of drug-likeness (QED) is 0.932. The molecule has 1 aliphatic heterocycles. The van der Waals surface area contributed by atoms with Crippen LogP contribution in [-0.4, -0.2) is 35.2 Å². The van der Waals surface area contributed by atoms with Gasteiger partial charge in [0.2, 0.25) is 0 Å². The Kier molecular flexibility index (Phi) is 5.00. The fourth-order valence-electron chi connectivity index (χ4n) is 2.45. The third-order valence-corrected chi connectivity index (χ3v) is 3.55. The van der Waals surface area contributed by atoms with Crippen LogP contribution in [0.25, 0.3) is 0 Å². The van der Waals surface area contributed by atoms with E-state index < -0.39 is 11.7 Å². The van der Waals surface area contributed by atoms with E-state index in [2.05, 4.69) is 15.3 Å². The predicted molar refractivity (Wildman–Crippen MR) is 85.6 cm³/mol. The van der Waals surface area contributed by atoms with Crippen molar-refractivity contribution in [2.45, 2.75) is 25.9 Å². The Morgan fingerprint density at radius 3 is 3.00 bits per heavy atom. The minimum Gasteiger partial charge on any atom is -0.488 e. The fraction of sp³-hybridized carbons (Fsp3) is 0.353. The molecule has 0 bridgehead atoms. The maximum absolute atomic E-state index is 12.9. The number of hydrogen-bond donors (Lipinski definition) is 1. The molecule has 1 N–H and O–H groups in total. The molecule has 1 saturated heterocycles. The van der Waals surface area contributed by atoms with Gasteiger partial charge in [0, 0.05) is 24.4 Å². The first-order chi connectivity index (χ1) is 11.6. The van der Waals surface area contributed by atoms with Crippen LogP contribution < -0.4 is 10.1 Å². The molecule has 1 unspecified atom stereocenters. The first kappa shape index (κ1) is 16.3. The summed E-state index contributed by atoms with van der Waals surface area (Å²) >= 11 is 0. The van der Waals surface area contributed by atoms with Crippen molar-refractivity contribution in [3.63, 3.8) is 0 Å². The first-order valence-electron chi connectivity index (χ1n) is 7.76. The highest BCUT2D eigenvalue weighted by Gasteiger charge is 2.17. The van der Waals surface area contributed by atoms with Crippen molar-refractivity contribution in [3.8, 4) is 5.75 Å². The summed E-state index contributed by atoms with van der Waals surface area (Å²) in [6, 6.07) is 5.98. The van der Waals surface area contributed by atoms with Crippen LogP contribution in [0.4, 0.5) is 10.2 Å². The van der Waals surface area contributed by atoms with Crippen LogP contribution in [0.15, 0.2) is 30.5 Å². The smallest absolute Gasteiger partial charge is 0.275 e.